The van der Waals surface area contributed by atoms with E-state index in [0.717, 1.165) is 30.8 Å². The number of rotatable bonds is 4. The Kier molecular flexibility index (Phi) is 3.37. The van der Waals surface area contributed by atoms with Crippen LogP contribution >= 0.6 is 0 Å². The van der Waals surface area contributed by atoms with Gasteiger partial charge in [-0.05, 0) is 6.92 Å². The van der Waals surface area contributed by atoms with Crippen molar-refractivity contribution in [3.63, 3.8) is 0 Å². The summed E-state index contributed by atoms with van der Waals surface area (Å²) in [5, 5.41) is 0. The van der Waals surface area contributed by atoms with E-state index in [4.69, 9.17) is 9.57 Å². The van der Waals surface area contributed by atoms with E-state index in [0.29, 0.717) is 6.04 Å². The Morgan fingerprint density at radius 2 is 2.17 bits per heavy atom. The van der Waals surface area contributed by atoms with Crippen molar-refractivity contribution >= 4 is 0 Å². The lowest BCUT2D eigenvalue weighted by molar-refractivity contribution is -1.12. The molecule has 0 aliphatic carbocycles. The van der Waals surface area contributed by atoms with Gasteiger partial charge in [-0.25, -0.2) is 0 Å². The number of benzene rings is 1. The second-order valence-corrected chi connectivity index (χ2v) is 5.34. The van der Waals surface area contributed by atoms with E-state index in [-0.39, 0.29) is 6.29 Å². The van der Waals surface area contributed by atoms with Gasteiger partial charge in [-0.3, -0.25) is 0 Å². The fraction of sp³-hybridized carbons (Fsp3) is 0.600. The van der Waals surface area contributed by atoms with Crippen molar-refractivity contribution in [1.29, 1.82) is 0 Å². The molecule has 2 heterocycles. The van der Waals surface area contributed by atoms with Gasteiger partial charge in [0, 0.05) is 25.0 Å². The van der Waals surface area contributed by atoms with Crippen LogP contribution in [0.2, 0.25) is 0 Å². The summed E-state index contributed by atoms with van der Waals surface area (Å²) in [5.74, 6) is 0. The molecule has 0 spiro atoms. The van der Waals surface area contributed by atoms with Gasteiger partial charge in [-0.2, -0.15) is 9.48 Å². The van der Waals surface area contributed by atoms with Crippen molar-refractivity contribution in [2.24, 2.45) is 0 Å². The number of hydroxylamine groups is 3. The highest BCUT2D eigenvalue weighted by molar-refractivity contribution is 5.13. The van der Waals surface area contributed by atoms with Crippen LogP contribution in [0.25, 0.3) is 0 Å². The SMILES string of the molecule is CCOC1CC2CCC[N+]2(Cc2ccccc2)O1. The van der Waals surface area contributed by atoms with Crippen molar-refractivity contribution < 1.29 is 14.2 Å². The molecule has 3 unspecified atom stereocenters. The zero-order chi connectivity index (χ0) is 12.4. The summed E-state index contributed by atoms with van der Waals surface area (Å²) in [7, 11) is 0. The summed E-state index contributed by atoms with van der Waals surface area (Å²) in [4.78, 5) is 6.23. The fourth-order valence-electron chi connectivity index (χ4n) is 3.38. The van der Waals surface area contributed by atoms with Crippen LogP contribution in [0.1, 0.15) is 31.7 Å². The Labute approximate surface area is 109 Å². The Balaban J connectivity index is 1.75. The molecule has 3 heteroatoms. The number of ether oxygens (including phenoxy) is 1. The molecule has 18 heavy (non-hydrogen) atoms. The second-order valence-electron chi connectivity index (χ2n) is 5.34. The Bertz CT molecular complexity index is 395. The van der Waals surface area contributed by atoms with Gasteiger partial charge in [-0.1, -0.05) is 30.3 Å². The Morgan fingerprint density at radius 1 is 1.33 bits per heavy atom. The largest absolute Gasteiger partial charge is 0.348 e. The van der Waals surface area contributed by atoms with E-state index in [9.17, 15) is 0 Å². The smallest absolute Gasteiger partial charge is 0.221 e. The molecular weight excluding hydrogens is 226 g/mol. The summed E-state index contributed by atoms with van der Waals surface area (Å²) in [6.45, 7) is 4.88. The highest BCUT2D eigenvalue weighted by Crippen LogP contribution is 2.40. The molecule has 98 valence electrons. The molecule has 0 bridgehead atoms. The fourth-order valence-corrected chi connectivity index (χ4v) is 3.38. The van der Waals surface area contributed by atoms with E-state index in [1.165, 1.54) is 18.4 Å². The molecule has 3 atom stereocenters. The van der Waals surface area contributed by atoms with Gasteiger partial charge >= 0.3 is 0 Å². The third-order valence-corrected chi connectivity index (χ3v) is 4.18. The predicted octanol–water partition coefficient (Wildman–Crippen LogP) is 2.86. The molecule has 0 saturated carbocycles. The number of nitrogens with zero attached hydrogens (tertiary/aromatic N) is 1. The molecule has 3 nitrogen and oxygen atoms in total. The lowest BCUT2D eigenvalue weighted by atomic mass is 10.1. The molecule has 2 aliphatic heterocycles. The molecule has 2 aliphatic rings. The maximum Gasteiger partial charge on any atom is 0.221 e. The van der Waals surface area contributed by atoms with Crippen LogP contribution in [0.3, 0.4) is 0 Å². The first-order chi connectivity index (χ1) is 8.82. The van der Waals surface area contributed by atoms with Crippen molar-refractivity contribution in [3.8, 4) is 0 Å². The van der Waals surface area contributed by atoms with Crippen LogP contribution in [0.4, 0.5) is 0 Å². The maximum absolute atomic E-state index is 6.23. The molecule has 2 fully saturated rings. The van der Waals surface area contributed by atoms with Gasteiger partial charge in [0.2, 0.25) is 6.29 Å². The minimum Gasteiger partial charge on any atom is -0.348 e. The quantitative estimate of drug-likeness (QED) is 0.763. The van der Waals surface area contributed by atoms with Crippen LogP contribution in [0.5, 0.6) is 0 Å². The van der Waals surface area contributed by atoms with E-state index < -0.39 is 0 Å². The van der Waals surface area contributed by atoms with Gasteiger partial charge < -0.3 is 4.74 Å². The molecule has 0 radical (unpaired) electrons. The first kappa shape index (κ1) is 12.2. The molecule has 1 aromatic rings. The van der Waals surface area contributed by atoms with E-state index >= 15 is 0 Å². The topological polar surface area (TPSA) is 18.5 Å². The van der Waals surface area contributed by atoms with Crippen LogP contribution in [-0.4, -0.2) is 30.1 Å². The third-order valence-electron chi connectivity index (χ3n) is 4.18. The number of quaternary nitrogens is 1. The summed E-state index contributed by atoms with van der Waals surface area (Å²) in [6.07, 6.45) is 3.61. The normalized spacial score (nSPS) is 34.7. The average Bonchev–Trinajstić information content (AvgIpc) is 2.87. The van der Waals surface area contributed by atoms with Crippen LogP contribution in [-0.2, 0) is 16.1 Å². The molecule has 0 amide bonds. The molecular formula is C15H22NO2+. The van der Waals surface area contributed by atoms with Crippen LogP contribution in [0.15, 0.2) is 30.3 Å². The Hall–Kier alpha value is -0.900. The molecule has 2 saturated heterocycles. The minimum absolute atomic E-state index is 0.00372. The minimum atomic E-state index is 0.00372. The number of hydrogen-bond acceptors (Lipinski definition) is 2. The average molecular weight is 248 g/mol. The molecule has 0 N–H and O–H groups in total. The summed E-state index contributed by atoms with van der Waals surface area (Å²) in [6, 6.07) is 11.3. The standard InChI is InChI=1S/C15H22NO2/c1-2-17-15-11-14-9-6-10-16(14,18-15)12-13-7-4-3-5-8-13/h3-5,7-8,14-15H,2,6,9-12H2,1H3/q+1. The van der Waals surface area contributed by atoms with E-state index in [1.54, 1.807) is 0 Å². The highest BCUT2D eigenvalue weighted by Gasteiger charge is 2.53. The predicted molar refractivity (Wildman–Crippen MR) is 69.4 cm³/mol. The third kappa shape index (κ3) is 2.18. The van der Waals surface area contributed by atoms with Crippen molar-refractivity contribution in [2.75, 3.05) is 13.2 Å². The van der Waals surface area contributed by atoms with Crippen molar-refractivity contribution in [1.82, 2.24) is 0 Å². The zero-order valence-electron chi connectivity index (χ0n) is 11.0. The van der Waals surface area contributed by atoms with Crippen LogP contribution < -0.4 is 0 Å². The molecule has 0 aromatic heterocycles. The number of fused-ring (bicyclic) bond motifs is 1. The zero-order valence-corrected chi connectivity index (χ0v) is 11.0. The summed E-state index contributed by atoms with van der Waals surface area (Å²) in [5.41, 5.74) is 1.36. The van der Waals surface area contributed by atoms with E-state index in [2.05, 4.69) is 30.3 Å². The lowest BCUT2D eigenvalue weighted by Crippen LogP contribution is -2.46. The van der Waals surface area contributed by atoms with Gasteiger partial charge in [-0.15, -0.1) is 0 Å². The maximum atomic E-state index is 6.23. The Morgan fingerprint density at radius 3 is 2.94 bits per heavy atom. The van der Waals surface area contributed by atoms with Gasteiger partial charge in [0.05, 0.1) is 6.42 Å². The molecule has 3 rings (SSSR count). The van der Waals surface area contributed by atoms with E-state index in [1.807, 2.05) is 6.92 Å². The second kappa shape index (κ2) is 5.00. The summed E-state index contributed by atoms with van der Waals surface area (Å²) >= 11 is 0. The first-order valence-corrected chi connectivity index (χ1v) is 7.03. The van der Waals surface area contributed by atoms with Gasteiger partial charge in [0.1, 0.15) is 19.1 Å². The number of hydrogen-bond donors (Lipinski definition) is 0. The lowest BCUT2D eigenvalue weighted by Gasteiger charge is -2.31. The van der Waals surface area contributed by atoms with Crippen molar-refractivity contribution in [2.45, 2.75) is 45.1 Å². The highest BCUT2D eigenvalue weighted by atomic mass is 16.8. The van der Waals surface area contributed by atoms with Gasteiger partial charge in [0.15, 0.2) is 0 Å². The van der Waals surface area contributed by atoms with Crippen LogP contribution in [0, 0.1) is 0 Å². The molecule has 1 aromatic carbocycles. The summed E-state index contributed by atoms with van der Waals surface area (Å²) < 4.78 is 6.45. The van der Waals surface area contributed by atoms with Crippen molar-refractivity contribution in [3.05, 3.63) is 35.9 Å². The van der Waals surface area contributed by atoms with Gasteiger partial charge in [0.25, 0.3) is 0 Å². The monoisotopic (exact) mass is 248 g/mol. The first-order valence-electron chi connectivity index (χ1n) is 7.03.